The van der Waals surface area contributed by atoms with Crippen LogP contribution in [-0.2, 0) is 19.1 Å². The molecule has 0 radical (unpaired) electrons. The zero-order valence-corrected chi connectivity index (χ0v) is 12.9. The van der Waals surface area contributed by atoms with Crippen LogP contribution in [0.3, 0.4) is 0 Å². The Labute approximate surface area is 118 Å². The normalized spacial score (nSPS) is 12.3. The van der Waals surface area contributed by atoms with Gasteiger partial charge in [-0.1, -0.05) is 22.5 Å². The van der Waals surface area contributed by atoms with E-state index in [1.807, 2.05) is 0 Å². The Hall–Kier alpha value is -0.410. The standard InChI is InChI=1S/C9H9BrClNO4S2/c1-7(10)6-12-18(15,16)9-4-2-8(3-5-9)17(11,13)14/h2-5,12H,1,6H2. The Balaban J connectivity index is 3.02. The largest absolute Gasteiger partial charge is 0.261 e. The van der Waals surface area contributed by atoms with E-state index in [0.29, 0.717) is 4.48 Å². The first-order chi connectivity index (χ1) is 8.13. The number of nitrogens with one attached hydrogen (secondary N) is 1. The van der Waals surface area contributed by atoms with E-state index in [-0.39, 0.29) is 16.3 Å². The van der Waals surface area contributed by atoms with Gasteiger partial charge in [0.2, 0.25) is 10.0 Å². The Bertz CT molecular complexity index is 652. The lowest BCUT2D eigenvalue weighted by Gasteiger charge is -2.06. The average Bonchev–Trinajstić information content (AvgIpc) is 2.26. The van der Waals surface area contributed by atoms with Gasteiger partial charge in [-0.15, -0.1) is 0 Å². The SMILES string of the molecule is C=C(Br)CNS(=O)(=O)c1ccc(S(=O)(=O)Cl)cc1. The van der Waals surface area contributed by atoms with Crippen LogP contribution >= 0.6 is 26.6 Å². The third-order valence-corrected chi connectivity index (χ3v) is 4.94. The fourth-order valence-corrected chi connectivity index (χ4v) is 3.16. The molecule has 0 fully saturated rings. The lowest BCUT2D eigenvalue weighted by atomic mass is 10.4. The van der Waals surface area contributed by atoms with E-state index in [2.05, 4.69) is 27.2 Å². The van der Waals surface area contributed by atoms with E-state index in [9.17, 15) is 16.8 Å². The van der Waals surface area contributed by atoms with E-state index in [4.69, 9.17) is 10.7 Å². The van der Waals surface area contributed by atoms with Crippen LogP contribution in [0.25, 0.3) is 0 Å². The predicted molar refractivity (Wildman–Crippen MR) is 72.7 cm³/mol. The number of hydrogen-bond donors (Lipinski definition) is 1. The summed E-state index contributed by atoms with van der Waals surface area (Å²) >= 11 is 3.02. The molecule has 0 saturated carbocycles. The maximum atomic E-state index is 11.7. The predicted octanol–water partition coefficient (Wildman–Crippen LogP) is 1.80. The van der Waals surface area contributed by atoms with Crippen LogP contribution in [0.1, 0.15) is 0 Å². The summed E-state index contributed by atoms with van der Waals surface area (Å²) in [5.41, 5.74) is 0. The highest BCUT2D eigenvalue weighted by Crippen LogP contribution is 2.17. The van der Waals surface area contributed by atoms with Gasteiger partial charge in [-0.05, 0) is 24.3 Å². The number of hydrogen-bond acceptors (Lipinski definition) is 4. The summed E-state index contributed by atoms with van der Waals surface area (Å²) in [6.45, 7) is 3.53. The first kappa shape index (κ1) is 15.6. The summed E-state index contributed by atoms with van der Waals surface area (Å²) in [7, 11) is -2.43. The Morgan fingerprint density at radius 2 is 1.61 bits per heavy atom. The van der Waals surface area contributed by atoms with E-state index < -0.39 is 19.1 Å². The maximum Gasteiger partial charge on any atom is 0.261 e. The van der Waals surface area contributed by atoms with Crippen LogP contribution < -0.4 is 4.72 Å². The molecule has 18 heavy (non-hydrogen) atoms. The van der Waals surface area contributed by atoms with Gasteiger partial charge in [0.05, 0.1) is 9.79 Å². The molecule has 0 aliphatic heterocycles. The van der Waals surface area contributed by atoms with Gasteiger partial charge in [-0.2, -0.15) is 0 Å². The second-order valence-electron chi connectivity index (χ2n) is 3.25. The van der Waals surface area contributed by atoms with E-state index >= 15 is 0 Å². The zero-order chi connectivity index (χ0) is 14.0. The van der Waals surface area contributed by atoms with Crippen LogP contribution in [0.5, 0.6) is 0 Å². The van der Waals surface area contributed by atoms with Gasteiger partial charge < -0.3 is 0 Å². The zero-order valence-electron chi connectivity index (χ0n) is 8.93. The van der Waals surface area contributed by atoms with Crippen molar-refractivity contribution in [3.8, 4) is 0 Å². The van der Waals surface area contributed by atoms with Crippen molar-refractivity contribution in [2.75, 3.05) is 6.54 Å². The second kappa shape index (κ2) is 5.70. The van der Waals surface area contributed by atoms with Crippen molar-refractivity contribution in [1.29, 1.82) is 0 Å². The molecule has 0 atom stereocenters. The van der Waals surface area contributed by atoms with Crippen molar-refractivity contribution in [2.24, 2.45) is 0 Å². The highest BCUT2D eigenvalue weighted by molar-refractivity contribution is 9.11. The molecule has 1 aromatic rings. The highest BCUT2D eigenvalue weighted by atomic mass is 79.9. The minimum absolute atomic E-state index is 0.0396. The van der Waals surface area contributed by atoms with E-state index in [0.717, 1.165) is 24.3 Å². The summed E-state index contributed by atoms with van der Waals surface area (Å²) in [4.78, 5) is -0.215. The molecule has 1 rings (SSSR count). The molecule has 1 N–H and O–H groups in total. The van der Waals surface area contributed by atoms with Gasteiger partial charge in [0, 0.05) is 21.7 Å². The van der Waals surface area contributed by atoms with Crippen LogP contribution in [0.4, 0.5) is 0 Å². The molecule has 0 amide bonds. The molecule has 1 aromatic carbocycles. The molecular formula is C9H9BrClNO4S2. The number of benzene rings is 1. The first-order valence-electron chi connectivity index (χ1n) is 4.50. The van der Waals surface area contributed by atoms with Crippen molar-refractivity contribution in [2.45, 2.75) is 9.79 Å². The molecule has 0 aliphatic rings. The lowest BCUT2D eigenvalue weighted by Crippen LogP contribution is -2.24. The molecule has 9 heteroatoms. The Morgan fingerprint density at radius 1 is 1.17 bits per heavy atom. The van der Waals surface area contributed by atoms with Crippen molar-refractivity contribution in [1.82, 2.24) is 4.72 Å². The van der Waals surface area contributed by atoms with Gasteiger partial charge in [-0.25, -0.2) is 21.6 Å². The van der Waals surface area contributed by atoms with Gasteiger partial charge in [0.25, 0.3) is 9.05 Å². The summed E-state index contributed by atoms with van der Waals surface area (Å²) in [6.07, 6.45) is 0. The van der Waals surface area contributed by atoms with Gasteiger partial charge in [-0.3, -0.25) is 0 Å². The van der Waals surface area contributed by atoms with Crippen molar-refractivity contribution >= 4 is 45.7 Å². The minimum Gasteiger partial charge on any atom is -0.207 e. The van der Waals surface area contributed by atoms with Gasteiger partial charge >= 0.3 is 0 Å². The lowest BCUT2D eigenvalue weighted by molar-refractivity contribution is 0.585. The van der Waals surface area contributed by atoms with Crippen molar-refractivity contribution in [3.05, 3.63) is 35.3 Å². The molecule has 5 nitrogen and oxygen atoms in total. The fraction of sp³-hybridized carbons (Fsp3) is 0.111. The average molecular weight is 375 g/mol. The monoisotopic (exact) mass is 373 g/mol. The first-order valence-corrected chi connectivity index (χ1v) is 9.09. The maximum absolute atomic E-state index is 11.7. The fourth-order valence-electron chi connectivity index (χ4n) is 1.04. The summed E-state index contributed by atoms with van der Waals surface area (Å²) < 4.78 is 48.2. The van der Waals surface area contributed by atoms with Gasteiger partial charge in [0.15, 0.2) is 0 Å². The molecule has 0 aliphatic carbocycles. The third-order valence-electron chi connectivity index (χ3n) is 1.87. The van der Waals surface area contributed by atoms with Crippen molar-refractivity contribution < 1.29 is 16.8 Å². The smallest absolute Gasteiger partial charge is 0.207 e. The number of rotatable bonds is 5. The van der Waals surface area contributed by atoms with E-state index in [1.54, 1.807) is 0 Å². The second-order valence-corrected chi connectivity index (χ2v) is 8.71. The van der Waals surface area contributed by atoms with E-state index in [1.165, 1.54) is 0 Å². The molecule has 0 saturated heterocycles. The molecule has 0 bridgehead atoms. The molecule has 0 spiro atoms. The minimum atomic E-state index is -3.86. The quantitative estimate of drug-likeness (QED) is 0.797. The Kier molecular flexibility index (Phi) is 4.96. The van der Waals surface area contributed by atoms with Crippen LogP contribution in [0, 0.1) is 0 Å². The highest BCUT2D eigenvalue weighted by Gasteiger charge is 2.16. The Morgan fingerprint density at radius 3 is 2.00 bits per heavy atom. The van der Waals surface area contributed by atoms with Crippen LogP contribution in [0.15, 0.2) is 45.1 Å². The molecular weight excluding hydrogens is 366 g/mol. The molecule has 0 aromatic heterocycles. The summed E-state index contributed by atoms with van der Waals surface area (Å²) in [5.74, 6) is 0. The van der Waals surface area contributed by atoms with Gasteiger partial charge in [0.1, 0.15) is 0 Å². The summed E-state index contributed by atoms with van der Waals surface area (Å²) in [6, 6.07) is 4.57. The number of sulfonamides is 1. The number of halogens is 2. The van der Waals surface area contributed by atoms with Crippen molar-refractivity contribution in [3.63, 3.8) is 0 Å². The van der Waals surface area contributed by atoms with Crippen LogP contribution in [-0.4, -0.2) is 23.4 Å². The third kappa shape index (κ3) is 4.36. The topological polar surface area (TPSA) is 80.3 Å². The molecule has 100 valence electrons. The molecule has 0 heterocycles. The molecule has 0 unspecified atom stereocenters. The van der Waals surface area contributed by atoms with Crippen LogP contribution in [0.2, 0.25) is 0 Å². The summed E-state index contributed by atoms with van der Waals surface area (Å²) in [5, 5.41) is 0.